The lowest BCUT2D eigenvalue weighted by molar-refractivity contribution is 0.334. The first-order valence-corrected chi connectivity index (χ1v) is 3.80. The summed E-state index contributed by atoms with van der Waals surface area (Å²) in [6.07, 6.45) is 0. The monoisotopic (exact) mass is 202 g/mol. The summed E-state index contributed by atoms with van der Waals surface area (Å²) >= 11 is 3.23. The summed E-state index contributed by atoms with van der Waals surface area (Å²) in [7, 11) is 1.89. The first-order valence-electron chi connectivity index (χ1n) is 3.01. The van der Waals surface area contributed by atoms with Crippen molar-refractivity contribution in [1.29, 1.82) is 5.26 Å². The van der Waals surface area contributed by atoms with Gasteiger partial charge >= 0.3 is 0 Å². The predicted molar refractivity (Wildman–Crippen MR) is 45.8 cm³/mol. The van der Waals surface area contributed by atoms with Crippen molar-refractivity contribution in [3.63, 3.8) is 0 Å². The first-order chi connectivity index (χ1) is 4.57. The van der Waals surface area contributed by atoms with Crippen LogP contribution in [0.2, 0.25) is 0 Å². The Labute approximate surface area is 70.3 Å². The molecule has 0 spiro atoms. The highest BCUT2D eigenvalue weighted by molar-refractivity contribution is 9.11. The van der Waals surface area contributed by atoms with Gasteiger partial charge in [0.1, 0.15) is 0 Å². The van der Waals surface area contributed by atoms with Crippen LogP contribution in [0.1, 0.15) is 6.92 Å². The zero-order chi connectivity index (χ0) is 8.15. The van der Waals surface area contributed by atoms with Gasteiger partial charge in [-0.1, -0.05) is 22.5 Å². The minimum atomic E-state index is -0.0469. The average molecular weight is 203 g/mol. The molecule has 0 aliphatic carbocycles. The van der Waals surface area contributed by atoms with Crippen LogP contribution in [0.25, 0.3) is 0 Å². The van der Waals surface area contributed by atoms with E-state index in [1.165, 1.54) is 0 Å². The van der Waals surface area contributed by atoms with E-state index in [-0.39, 0.29) is 6.04 Å². The molecule has 0 amide bonds. The number of hydrogen-bond acceptors (Lipinski definition) is 2. The van der Waals surface area contributed by atoms with Gasteiger partial charge in [-0.2, -0.15) is 5.26 Å². The van der Waals surface area contributed by atoms with Crippen LogP contribution in [0.5, 0.6) is 0 Å². The fourth-order valence-electron chi connectivity index (χ4n) is 0.506. The second-order valence-corrected chi connectivity index (χ2v) is 3.36. The summed E-state index contributed by atoms with van der Waals surface area (Å²) in [4.78, 5) is 1.91. The van der Waals surface area contributed by atoms with Crippen molar-refractivity contribution in [2.24, 2.45) is 0 Å². The van der Waals surface area contributed by atoms with Crippen LogP contribution in [-0.2, 0) is 0 Å². The van der Waals surface area contributed by atoms with E-state index in [9.17, 15) is 0 Å². The van der Waals surface area contributed by atoms with Crippen LogP contribution in [0.15, 0.2) is 11.1 Å². The molecule has 0 fully saturated rings. The zero-order valence-corrected chi connectivity index (χ0v) is 7.85. The molecule has 0 radical (unpaired) electrons. The summed E-state index contributed by atoms with van der Waals surface area (Å²) in [5.41, 5.74) is 0. The van der Waals surface area contributed by atoms with Crippen molar-refractivity contribution in [3.05, 3.63) is 11.1 Å². The molecule has 0 aromatic heterocycles. The molecule has 0 bridgehead atoms. The van der Waals surface area contributed by atoms with Gasteiger partial charge in [-0.3, -0.25) is 4.90 Å². The molecule has 0 saturated heterocycles. The maximum atomic E-state index is 8.48. The number of likely N-dealkylation sites (N-methyl/N-ethyl adjacent to an activating group) is 1. The lowest BCUT2D eigenvalue weighted by Gasteiger charge is -2.17. The lowest BCUT2D eigenvalue weighted by atomic mass is 10.3. The quantitative estimate of drug-likeness (QED) is 0.698. The fraction of sp³-hybridized carbons (Fsp3) is 0.571. The van der Waals surface area contributed by atoms with Gasteiger partial charge in [0.15, 0.2) is 0 Å². The van der Waals surface area contributed by atoms with E-state index in [1.807, 2.05) is 18.9 Å². The topological polar surface area (TPSA) is 27.0 Å². The van der Waals surface area contributed by atoms with Crippen molar-refractivity contribution in [2.45, 2.75) is 13.0 Å². The van der Waals surface area contributed by atoms with Crippen molar-refractivity contribution < 1.29 is 0 Å². The molecule has 0 heterocycles. The van der Waals surface area contributed by atoms with Gasteiger partial charge in [0, 0.05) is 11.0 Å². The Bertz CT molecular complexity index is 159. The summed E-state index contributed by atoms with van der Waals surface area (Å²) in [5, 5.41) is 8.48. The largest absolute Gasteiger partial charge is 0.287 e. The van der Waals surface area contributed by atoms with Gasteiger partial charge in [-0.15, -0.1) is 0 Å². The molecule has 0 N–H and O–H groups in total. The molecule has 1 unspecified atom stereocenters. The van der Waals surface area contributed by atoms with Gasteiger partial charge in [0.25, 0.3) is 0 Å². The van der Waals surface area contributed by atoms with Crippen LogP contribution in [-0.4, -0.2) is 24.5 Å². The van der Waals surface area contributed by atoms with E-state index in [1.54, 1.807) is 0 Å². The predicted octanol–water partition coefficient (Wildman–Crippen LogP) is 1.74. The highest BCUT2D eigenvalue weighted by Crippen LogP contribution is 2.04. The number of rotatable bonds is 3. The smallest absolute Gasteiger partial charge is 0.0949 e. The van der Waals surface area contributed by atoms with Crippen LogP contribution < -0.4 is 0 Å². The van der Waals surface area contributed by atoms with Crippen LogP contribution in [0.4, 0.5) is 0 Å². The van der Waals surface area contributed by atoms with Gasteiger partial charge in [-0.05, 0) is 14.0 Å². The minimum absolute atomic E-state index is 0.0469. The normalized spacial score (nSPS) is 12.7. The zero-order valence-electron chi connectivity index (χ0n) is 6.26. The molecule has 0 aromatic carbocycles. The maximum Gasteiger partial charge on any atom is 0.0949 e. The highest BCUT2D eigenvalue weighted by Gasteiger charge is 2.06. The summed E-state index contributed by atoms with van der Waals surface area (Å²) in [5.74, 6) is 0. The molecule has 10 heavy (non-hydrogen) atoms. The number of hydrogen-bond donors (Lipinski definition) is 0. The summed E-state index contributed by atoms with van der Waals surface area (Å²) in [6, 6.07) is 2.09. The van der Waals surface area contributed by atoms with E-state index in [0.29, 0.717) is 6.54 Å². The van der Waals surface area contributed by atoms with Crippen molar-refractivity contribution in [3.8, 4) is 6.07 Å². The van der Waals surface area contributed by atoms with Crippen LogP contribution in [0.3, 0.4) is 0 Å². The molecule has 0 aliphatic heterocycles. The van der Waals surface area contributed by atoms with Crippen molar-refractivity contribution in [1.82, 2.24) is 4.90 Å². The third kappa shape index (κ3) is 3.65. The van der Waals surface area contributed by atoms with E-state index in [4.69, 9.17) is 5.26 Å². The SMILES string of the molecule is C=C(Br)CN(C)C(C)C#N. The molecule has 3 heteroatoms. The van der Waals surface area contributed by atoms with Gasteiger partial charge in [0.2, 0.25) is 0 Å². The van der Waals surface area contributed by atoms with Gasteiger partial charge < -0.3 is 0 Å². The number of halogens is 1. The Morgan fingerprint density at radius 2 is 2.40 bits per heavy atom. The van der Waals surface area contributed by atoms with Crippen molar-refractivity contribution in [2.75, 3.05) is 13.6 Å². The minimum Gasteiger partial charge on any atom is -0.287 e. The molecular formula is C7H11BrN2. The number of nitriles is 1. The second kappa shape index (κ2) is 4.48. The van der Waals surface area contributed by atoms with Gasteiger partial charge in [0.05, 0.1) is 12.1 Å². The Hall–Kier alpha value is -0.330. The second-order valence-electron chi connectivity index (χ2n) is 2.24. The Kier molecular flexibility index (Phi) is 4.33. The van der Waals surface area contributed by atoms with Crippen molar-refractivity contribution >= 4 is 15.9 Å². The first kappa shape index (κ1) is 9.67. The molecule has 2 nitrogen and oxygen atoms in total. The maximum absolute atomic E-state index is 8.48. The fourth-order valence-corrected chi connectivity index (χ4v) is 0.902. The Morgan fingerprint density at radius 1 is 1.90 bits per heavy atom. The van der Waals surface area contributed by atoms with E-state index in [2.05, 4.69) is 28.6 Å². The van der Waals surface area contributed by atoms with Crippen LogP contribution >= 0.6 is 15.9 Å². The van der Waals surface area contributed by atoms with E-state index in [0.717, 1.165) is 4.48 Å². The van der Waals surface area contributed by atoms with Crippen LogP contribution in [0, 0.1) is 11.3 Å². The molecule has 0 rings (SSSR count). The standard InChI is InChI=1S/C7H11BrN2/c1-6(8)5-10(3)7(2)4-9/h7H,1,5H2,2-3H3. The molecular weight excluding hydrogens is 192 g/mol. The third-order valence-corrected chi connectivity index (χ3v) is 1.52. The highest BCUT2D eigenvalue weighted by atomic mass is 79.9. The lowest BCUT2D eigenvalue weighted by Crippen LogP contribution is -2.28. The summed E-state index contributed by atoms with van der Waals surface area (Å²) < 4.78 is 0.900. The average Bonchev–Trinajstić information content (AvgIpc) is 1.85. The third-order valence-electron chi connectivity index (χ3n) is 1.27. The Balaban J connectivity index is 3.75. The molecule has 56 valence electrons. The molecule has 0 aliphatic rings. The molecule has 1 atom stereocenters. The van der Waals surface area contributed by atoms with Gasteiger partial charge in [-0.25, -0.2) is 0 Å². The van der Waals surface area contributed by atoms with E-state index < -0.39 is 0 Å². The Morgan fingerprint density at radius 3 is 2.70 bits per heavy atom. The van der Waals surface area contributed by atoms with E-state index >= 15 is 0 Å². The molecule has 0 saturated carbocycles. The molecule has 0 aromatic rings. The summed E-state index contributed by atoms with van der Waals surface area (Å²) in [6.45, 7) is 6.25. The number of nitrogens with zero attached hydrogens (tertiary/aromatic N) is 2.